The number of halogens is 4. The molecule has 0 radical (unpaired) electrons. The first-order valence-electron chi connectivity index (χ1n) is 9.35. The van der Waals surface area contributed by atoms with Gasteiger partial charge < -0.3 is 4.90 Å². The van der Waals surface area contributed by atoms with Gasteiger partial charge in [0.2, 0.25) is 5.91 Å². The monoisotopic (exact) mass is 438 g/mol. The van der Waals surface area contributed by atoms with Crippen LogP contribution in [-0.4, -0.2) is 28.5 Å². The van der Waals surface area contributed by atoms with Crippen LogP contribution in [0.1, 0.15) is 39.0 Å². The molecule has 2 N–H and O–H groups in total. The van der Waals surface area contributed by atoms with Crippen molar-refractivity contribution in [1.82, 2.24) is 10.4 Å². The number of fused-ring (bicyclic) bond motifs is 1. The smallest absolute Gasteiger partial charge is 0.338 e. The number of hydrogen-bond acceptors (Lipinski definition) is 3. The summed E-state index contributed by atoms with van der Waals surface area (Å²) in [4.78, 5) is 26.7. The van der Waals surface area contributed by atoms with Crippen LogP contribution in [0.2, 0.25) is 5.02 Å². The molecular formula is C21H18ClF3N2O3. The van der Waals surface area contributed by atoms with Gasteiger partial charge in [0.15, 0.2) is 0 Å². The molecule has 0 bridgehead atoms. The van der Waals surface area contributed by atoms with Gasteiger partial charge in [-0.05, 0) is 54.2 Å². The van der Waals surface area contributed by atoms with Crippen LogP contribution in [0.15, 0.2) is 36.4 Å². The maximum absolute atomic E-state index is 13.2. The van der Waals surface area contributed by atoms with Crippen LogP contribution >= 0.6 is 11.6 Å². The molecule has 0 aromatic heterocycles. The molecule has 1 fully saturated rings. The molecule has 5 nitrogen and oxygen atoms in total. The van der Waals surface area contributed by atoms with Gasteiger partial charge in [-0.15, -0.1) is 0 Å². The first kappa shape index (κ1) is 20.7. The summed E-state index contributed by atoms with van der Waals surface area (Å²) in [5.41, 5.74) is 2.27. The van der Waals surface area contributed by atoms with E-state index in [4.69, 9.17) is 16.8 Å². The van der Waals surface area contributed by atoms with E-state index < -0.39 is 23.1 Å². The average Bonchev–Trinajstić information content (AvgIpc) is 3.22. The maximum Gasteiger partial charge on any atom is 0.417 e. The lowest BCUT2D eigenvalue weighted by atomic mass is 9.83. The third-order valence-electron chi connectivity index (χ3n) is 5.97. The Balaban J connectivity index is 1.56. The highest BCUT2D eigenvalue weighted by Gasteiger charge is 2.50. The van der Waals surface area contributed by atoms with Crippen LogP contribution in [0.5, 0.6) is 0 Å². The number of hydrogen-bond donors (Lipinski definition) is 2. The Labute approximate surface area is 175 Å². The Hall–Kier alpha value is -2.58. The van der Waals surface area contributed by atoms with Gasteiger partial charge in [-0.2, -0.15) is 13.2 Å². The topological polar surface area (TPSA) is 69.6 Å². The molecule has 30 heavy (non-hydrogen) atoms. The Morgan fingerprint density at radius 1 is 1.23 bits per heavy atom. The second-order valence-corrected chi connectivity index (χ2v) is 8.21. The Kier molecular flexibility index (Phi) is 5.02. The number of nitrogens with zero attached hydrogens (tertiary/aromatic N) is 1. The molecule has 1 spiro atoms. The van der Waals surface area contributed by atoms with Gasteiger partial charge in [0.05, 0.1) is 16.0 Å². The minimum atomic E-state index is -4.57. The van der Waals surface area contributed by atoms with Crippen molar-refractivity contribution >= 4 is 23.4 Å². The van der Waals surface area contributed by atoms with E-state index in [-0.39, 0.29) is 17.5 Å². The van der Waals surface area contributed by atoms with E-state index in [9.17, 15) is 22.8 Å². The van der Waals surface area contributed by atoms with Gasteiger partial charge in [-0.1, -0.05) is 29.8 Å². The molecule has 2 aromatic carbocycles. The van der Waals surface area contributed by atoms with Crippen molar-refractivity contribution < 1.29 is 28.0 Å². The van der Waals surface area contributed by atoms with Crippen LogP contribution in [0.3, 0.4) is 0 Å². The zero-order valence-corrected chi connectivity index (χ0v) is 16.5. The van der Waals surface area contributed by atoms with Gasteiger partial charge in [-0.3, -0.25) is 14.8 Å². The number of likely N-dealkylation sites (tertiary alicyclic amines) is 1. The molecule has 9 heteroatoms. The lowest BCUT2D eigenvalue weighted by molar-refractivity contribution is -0.137. The van der Waals surface area contributed by atoms with E-state index in [1.165, 1.54) is 12.1 Å². The van der Waals surface area contributed by atoms with E-state index in [0.29, 0.717) is 36.9 Å². The van der Waals surface area contributed by atoms with Crippen molar-refractivity contribution in [2.24, 2.45) is 5.41 Å². The Morgan fingerprint density at radius 3 is 2.70 bits per heavy atom. The molecule has 2 aliphatic rings. The van der Waals surface area contributed by atoms with E-state index in [1.807, 2.05) is 6.07 Å². The normalized spacial score (nSPS) is 20.7. The molecule has 2 amide bonds. The van der Waals surface area contributed by atoms with Gasteiger partial charge in [-0.25, -0.2) is 5.48 Å². The van der Waals surface area contributed by atoms with Crippen molar-refractivity contribution in [3.8, 4) is 0 Å². The fourth-order valence-corrected chi connectivity index (χ4v) is 4.75. The molecule has 0 saturated carbocycles. The van der Waals surface area contributed by atoms with Crippen LogP contribution in [0, 0.1) is 5.41 Å². The number of rotatable bonds is 3. The van der Waals surface area contributed by atoms with Gasteiger partial charge in [0, 0.05) is 18.7 Å². The van der Waals surface area contributed by atoms with Gasteiger partial charge in [0.1, 0.15) is 0 Å². The Bertz CT molecular complexity index is 1040. The fraction of sp³-hybridized carbons (Fsp3) is 0.333. The molecule has 2 aromatic rings. The minimum Gasteiger partial charge on any atom is -0.338 e. The van der Waals surface area contributed by atoms with Crippen LogP contribution in [0.4, 0.5) is 13.2 Å². The quantitative estimate of drug-likeness (QED) is 0.562. The molecule has 1 heterocycles. The number of alkyl halides is 3. The zero-order valence-electron chi connectivity index (χ0n) is 15.7. The molecule has 1 saturated heterocycles. The van der Waals surface area contributed by atoms with Crippen molar-refractivity contribution in [1.29, 1.82) is 0 Å². The predicted octanol–water partition coefficient (Wildman–Crippen LogP) is 4.00. The third kappa shape index (κ3) is 3.44. The largest absolute Gasteiger partial charge is 0.417 e. The van der Waals surface area contributed by atoms with E-state index in [0.717, 1.165) is 17.2 Å². The highest BCUT2D eigenvalue weighted by Crippen LogP contribution is 2.46. The number of carbonyl (C=O) groups excluding carboxylic acids is 2. The molecule has 1 aliphatic carbocycles. The number of benzene rings is 2. The van der Waals surface area contributed by atoms with E-state index in [1.54, 1.807) is 22.5 Å². The number of carbonyl (C=O) groups is 2. The van der Waals surface area contributed by atoms with Crippen LogP contribution in [0.25, 0.3) is 0 Å². The summed E-state index contributed by atoms with van der Waals surface area (Å²) in [5.74, 6) is -0.774. The molecule has 158 valence electrons. The highest BCUT2D eigenvalue weighted by atomic mass is 35.5. The van der Waals surface area contributed by atoms with Crippen molar-refractivity contribution in [2.45, 2.75) is 32.0 Å². The van der Waals surface area contributed by atoms with Crippen LogP contribution in [-0.2, 0) is 30.4 Å². The zero-order chi connectivity index (χ0) is 21.7. The Morgan fingerprint density at radius 2 is 2.00 bits per heavy atom. The summed E-state index contributed by atoms with van der Waals surface area (Å²) < 4.78 is 39.4. The number of nitrogens with one attached hydrogen (secondary N) is 1. The molecular weight excluding hydrogens is 421 g/mol. The minimum absolute atomic E-state index is 0.0567. The summed E-state index contributed by atoms with van der Waals surface area (Å²) in [6.07, 6.45) is -3.21. The lowest BCUT2D eigenvalue weighted by Gasteiger charge is -2.23. The second kappa shape index (κ2) is 7.28. The van der Waals surface area contributed by atoms with Gasteiger partial charge in [0.25, 0.3) is 5.91 Å². The third-order valence-corrected chi connectivity index (χ3v) is 6.30. The standard InChI is InChI=1S/C21H18ClF3N2O3/c22-17-5-4-12(8-16(17)21(23,24)25)11-27-7-6-20(19(27)29)9-13-2-1-3-14(15(13)10-20)18(28)26-30/h1-5,8,30H,6-7,9-11H2,(H,26,28)/t20-/m0/s1. The van der Waals surface area contributed by atoms with Crippen molar-refractivity contribution in [3.05, 3.63) is 69.2 Å². The SMILES string of the molecule is O=C(NO)c1cccc2c1C[C@]1(CCN(Cc3ccc(Cl)c(C(F)(F)F)c3)C1=O)C2. The van der Waals surface area contributed by atoms with Crippen molar-refractivity contribution in [3.63, 3.8) is 0 Å². The van der Waals surface area contributed by atoms with E-state index >= 15 is 0 Å². The summed E-state index contributed by atoms with van der Waals surface area (Å²) >= 11 is 5.68. The predicted molar refractivity (Wildman–Crippen MR) is 102 cm³/mol. The molecule has 0 unspecified atom stereocenters. The lowest BCUT2D eigenvalue weighted by Crippen LogP contribution is -2.35. The number of hydroxylamine groups is 1. The van der Waals surface area contributed by atoms with Crippen molar-refractivity contribution in [2.75, 3.05) is 6.54 Å². The molecule has 1 atom stereocenters. The maximum atomic E-state index is 13.2. The summed E-state index contributed by atoms with van der Waals surface area (Å²) in [7, 11) is 0. The summed E-state index contributed by atoms with van der Waals surface area (Å²) in [6, 6.07) is 8.81. The fourth-order valence-electron chi connectivity index (χ4n) is 4.53. The summed E-state index contributed by atoms with van der Waals surface area (Å²) in [5, 5.41) is 8.59. The van der Waals surface area contributed by atoms with E-state index in [2.05, 4.69) is 0 Å². The highest BCUT2D eigenvalue weighted by molar-refractivity contribution is 6.31. The molecule has 1 aliphatic heterocycles. The first-order valence-corrected chi connectivity index (χ1v) is 9.73. The summed E-state index contributed by atoms with van der Waals surface area (Å²) in [6.45, 7) is 0.472. The molecule has 4 rings (SSSR count). The van der Waals surface area contributed by atoms with Crippen LogP contribution < -0.4 is 5.48 Å². The average molecular weight is 439 g/mol. The number of amides is 2. The first-order chi connectivity index (χ1) is 14.1. The second-order valence-electron chi connectivity index (χ2n) is 7.81. The van der Waals surface area contributed by atoms with Gasteiger partial charge >= 0.3 is 6.18 Å².